The largest absolute Gasteiger partial charge is 0.337 e. The van der Waals surface area contributed by atoms with Crippen LogP contribution in [0.25, 0.3) is 0 Å². The fourth-order valence-corrected chi connectivity index (χ4v) is 2.65. The number of hydrogen-bond donors (Lipinski definition) is 1. The van der Waals surface area contributed by atoms with Crippen molar-refractivity contribution in [3.63, 3.8) is 0 Å². The summed E-state index contributed by atoms with van der Waals surface area (Å²) < 4.78 is 0. The van der Waals surface area contributed by atoms with Gasteiger partial charge in [0.05, 0.1) is 0 Å². The van der Waals surface area contributed by atoms with E-state index >= 15 is 0 Å². The van der Waals surface area contributed by atoms with Gasteiger partial charge in [-0.3, -0.25) is 9.59 Å². The second kappa shape index (κ2) is 9.18. The molecule has 0 atom stereocenters. The molecule has 132 valence electrons. The first-order chi connectivity index (χ1) is 12.0. The number of anilines is 1. The number of benzene rings is 1. The lowest BCUT2D eigenvalue weighted by molar-refractivity contribution is 0.0749. The lowest BCUT2D eigenvalue weighted by atomic mass is 10.2. The van der Waals surface area contributed by atoms with Crippen molar-refractivity contribution in [3.05, 3.63) is 58.9 Å². The van der Waals surface area contributed by atoms with Crippen LogP contribution in [0.15, 0.2) is 42.5 Å². The summed E-state index contributed by atoms with van der Waals surface area (Å²) in [5.74, 6) is -0.532. The third-order valence-electron chi connectivity index (χ3n) is 3.56. The molecule has 2 amide bonds. The van der Waals surface area contributed by atoms with E-state index < -0.39 is 0 Å². The zero-order valence-electron chi connectivity index (χ0n) is 14.5. The van der Waals surface area contributed by atoms with E-state index in [1.54, 1.807) is 47.4 Å². The first-order valence-electron chi connectivity index (χ1n) is 8.38. The molecule has 1 heterocycles. The van der Waals surface area contributed by atoms with E-state index in [1.165, 1.54) is 0 Å². The molecule has 0 spiro atoms. The quantitative estimate of drug-likeness (QED) is 0.803. The predicted molar refractivity (Wildman–Crippen MR) is 100 cm³/mol. The first kappa shape index (κ1) is 18.9. The first-order valence-corrected chi connectivity index (χ1v) is 8.76. The monoisotopic (exact) mass is 359 g/mol. The van der Waals surface area contributed by atoms with Crippen LogP contribution >= 0.6 is 11.6 Å². The predicted octanol–water partition coefficient (Wildman–Crippen LogP) is 4.25. The molecule has 25 heavy (non-hydrogen) atoms. The molecular weight excluding hydrogens is 338 g/mol. The highest BCUT2D eigenvalue weighted by Crippen LogP contribution is 2.16. The second-order valence-electron chi connectivity index (χ2n) is 5.66. The van der Waals surface area contributed by atoms with Gasteiger partial charge in [0.15, 0.2) is 0 Å². The van der Waals surface area contributed by atoms with Gasteiger partial charge in [0, 0.05) is 23.8 Å². The molecular formula is C19H22ClN3O2. The number of pyridine rings is 1. The van der Waals surface area contributed by atoms with Gasteiger partial charge in [-0.15, -0.1) is 0 Å². The van der Waals surface area contributed by atoms with Gasteiger partial charge in [0.25, 0.3) is 11.8 Å². The van der Waals surface area contributed by atoms with Crippen LogP contribution in [0, 0.1) is 0 Å². The van der Waals surface area contributed by atoms with Gasteiger partial charge >= 0.3 is 0 Å². The highest BCUT2D eigenvalue weighted by atomic mass is 35.5. The Balaban J connectivity index is 2.16. The summed E-state index contributed by atoms with van der Waals surface area (Å²) in [6.45, 7) is 5.40. The minimum atomic E-state index is -0.380. The summed E-state index contributed by atoms with van der Waals surface area (Å²) in [6.07, 6.45) is 1.75. The van der Waals surface area contributed by atoms with Crippen molar-refractivity contribution in [2.45, 2.75) is 26.7 Å². The Kier molecular flexibility index (Phi) is 6.95. The molecule has 6 heteroatoms. The Morgan fingerprint density at radius 1 is 1.04 bits per heavy atom. The number of nitrogens with zero attached hydrogens (tertiary/aromatic N) is 2. The van der Waals surface area contributed by atoms with Gasteiger partial charge in [-0.1, -0.05) is 37.6 Å². The number of hydrogen-bond acceptors (Lipinski definition) is 3. The highest BCUT2D eigenvalue weighted by molar-refractivity contribution is 6.30. The van der Waals surface area contributed by atoms with Crippen molar-refractivity contribution in [2.75, 3.05) is 18.4 Å². The van der Waals surface area contributed by atoms with Crippen LogP contribution in [0.1, 0.15) is 47.7 Å². The van der Waals surface area contributed by atoms with Crippen LogP contribution in [-0.4, -0.2) is 34.8 Å². The Morgan fingerprint density at radius 3 is 2.32 bits per heavy atom. The van der Waals surface area contributed by atoms with Gasteiger partial charge in [0.2, 0.25) is 0 Å². The number of nitrogens with one attached hydrogen (secondary N) is 1. The fraction of sp³-hybridized carbons (Fsp3) is 0.316. The molecule has 1 N–H and O–H groups in total. The van der Waals surface area contributed by atoms with Crippen LogP contribution in [0.2, 0.25) is 5.02 Å². The van der Waals surface area contributed by atoms with E-state index in [0.717, 1.165) is 12.8 Å². The maximum atomic E-state index is 12.6. The van der Waals surface area contributed by atoms with Crippen molar-refractivity contribution >= 4 is 29.1 Å². The van der Waals surface area contributed by atoms with Crippen molar-refractivity contribution in [1.82, 2.24) is 9.88 Å². The van der Waals surface area contributed by atoms with Crippen molar-refractivity contribution in [2.24, 2.45) is 0 Å². The molecule has 1 aromatic carbocycles. The summed E-state index contributed by atoms with van der Waals surface area (Å²) in [7, 11) is 0. The summed E-state index contributed by atoms with van der Waals surface area (Å²) in [5, 5.41) is 3.27. The number of halogens is 1. The normalized spacial score (nSPS) is 10.4. The van der Waals surface area contributed by atoms with Crippen LogP contribution < -0.4 is 5.32 Å². The molecule has 1 aromatic heterocycles. The van der Waals surface area contributed by atoms with E-state index in [0.29, 0.717) is 23.8 Å². The van der Waals surface area contributed by atoms with E-state index in [2.05, 4.69) is 10.3 Å². The molecule has 0 radical (unpaired) electrons. The maximum Gasteiger partial charge on any atom is 0.274 e. The molecule has 0 unspecified atom stereocenters. The summed E-state index contributed by atoms with van der Waals surface area (Å²) >= 11 is 5.92. The van der Waals surface area contributed by atoms with E-state index in [9.17, 15) is 9.59 Å². The zero-order valence-corrected chi connectivity index (χ0v) is 15.2. The highest BCUT2D eigenvalue weighted by Gasteiger charge is 2.17. The maximum absolute atomic E-state index is 12.6. The molecule has 2 rings (SSSR count). The van der Waals surface area contributed by atoms with Crippen molar-refractivity contribution in [3.8, 4) is 0 Å². The van der Waals surface area contributed by atoms with Crippen LogP contribution in [0.4, 0.5) is 5.69 Å². The van der Waals surface area contributed by atoms with Gasteiger partial charge in [-0.2, -0.15) is 0 Å². The summed E-state index contributed by atoms with van der Waals surface area (Å²) in [4.78, 5) is 31.0. The smallest absolute Gasteiger partial charge is 0.274 e. The van der Waals surface area contributed by atoms with Gasteiger partial charge in [-0.25, -0.2) is 4.98 Å². The van der Waals surface area contributed by atoms with Crippen molar-refractivity contribution in [1.29, 1.82) is 0 Å². The summed E-state index contributed by atoms with van der Waals surface area (Å²) in [5.41, 5.74) is 1.05. The minimum Gasteiger partial charge on any atom is -0.337 e. The molecule has 5 nitrogen and oxygen atoms in total. The van der Waals surface area contributed by atoms with E-state index in [4.69, 9.17) is 11.6 Å². The number of rotatable bonds is 7. The molecule has 0 aliphatic carbocycles. The summed E-state index contributed by atoms with van der Waals surface area (Å²) in [6, 6.07) is 11.8. The molecule has 0 saturated heterocycles. The zero-order chi connectivity index (χ0) is 18.2. The topological polar surface area (TPSA) is 62.3 Å². The fourth-order valence-electron chi connectivity index (χ4n) is 2.46. The number of carbonyl (C=O) groups is 2. The Labute approximate surface area is 153 Å². The Hall–Kier alpha value is -2.40. The van der Waals surface area contributed by atoms with E-state index in [-0.39, 0.29) is 23.2 Å². The Morgan fingerprint density at radius 2 is 1.68 bits per heavy atom. The third kappa shape index (κ3) is 5.29. The second-order valence-corrected chi connectivity index (χ2v) is 6.10. The molecule has 2 aromatic rings. The van der Waals surface area contributed by atoms with Gasteiger partial charge < -0.3 is 10.2 Å². The number of amides is 2. The lowest BCUT2D eigenvalue weighted by Crippen LogP contribution is -2.33. The van der Waals surface area contributed by atoms with Gasteiger partial charge in [0.1, 0.15) is 11.4 Å². The standard InChI is InChI=1S/C19H22ClN3O2/c1-3-11-23(12-4-2)19(25)17-10-6-9-16(22-17)18(24)21-15-8-5-7-14(20)13-15/h5-10,13H,3-4,11-12H2,1-2H3,(H,21,24). The molecule has 0 bridgehead atoms. The molecule has 0 aliphatic heterocycles. The van der Waals surface area contributed by atoms with Gasteiger partial charge in [-0.05, 0) is 43.2 Å². The average molecular weight is 360 g/mol. The van der Waals surface area contributed by atoms with Crippen molar-refractivity contribution < 1.29 is 9.59 Å². The van der Waals surface area contributed by atoms with Crippen LogP contribution in [0.5, 0.6) is 0 Å². The average Bonchev–Trinajstić information content (AvgIpc) is 2.61. The SMILES string of the molecule is CCCN(CCC)C(=O)c1cccc(C(=O)Nc2cccc(Cl)c2)n1. The van der Waals surface area contributed by atoms with E-state index in [1.807, 2.05) is 13.8 Å². The Bertz CT molecular complexity index is 743. The molecule has 0 fully saturated rings. The van der Waals surface area contributed by atoms with Crippen LogP contribution in [0.3, 0.4) is 0 Å². The molecule has 0 saturated carbocycles. The van der Waals surface area contributed by atoms with Crippen LogP contribution in [-0.2, 0) is 0 Å². The molecule has 0 aliphatic rings. The number of carbonyl (C=O) groups excluding carboxylic acids is 2. The lowest BCUT2D eigenvalue weighted by Gasteiger charge is -2.21. The third-order valence-corrected chi connectivity index (χ3v) is 3.79. The number of aromatic nitrogens is 1. The minimum absolute atomic E-state index is 0.152.